The lowest BCUT2D eigenvalue weighted by atomic mass is 9.85. The SMILES string of the molecule is CCN(CC)c1ccc(C(c2ccc(N(CC)CC)cc2)c2ccc(S(=O)(=O)O)cc2S)cc1. The summed E-state index contributed by atoms with van der Waals surface area (Å²) in [5.41, 5.74) is 5.37. The van der Waals surface area contributed by atoms with E-state index in [2.05, 4.69) is 98.7 Å². The maximum atomic E-state index is 11.6. The number of benzene rings is 3. The number of hydrogen-bond donors (Lipinski definition) is 2. The summed E-state index contributed by atoms with van der Waals surface area (Å²) < 4.78 is 32.7. The fourth-order valence-electron chi connectivity index (χ4n) is 4.41. The Morgan fingerprint density at radius 1 is 0.735 bits per heavy atom. The molecule has 0 aromatic heterocycles. The zero-order valence-electron chi connectivity index (χ0n) is 20.3. The third kappa shape index (κ3) is 5.77. The van der Waals surface area contributed by atoms with Crippen LogP contribution in [-0.4, -0.2) is 39.1 Å². The molecular formula is C27H34N2O3S2. The third-order valence-electron chi connectivity index (χ3n) is 6.32. The molecule has 0 aliphatic heterocycles. The van der Waals surface area contributed by atoms with Crippen LogP contribution >= 0.6 is 12.6 Å². The first-order chi connectivity index (χ1) is 16.2. The Balaban J connectivity index is 2.11. The second kappa shape index (κ2) is 11.3. The monoisotopic (exact) mass is 498 g/mol. The Morgan fingerprint density at radius 2 is 1.15 bits per heavy atom. The fourth-order valence-corrected chi connectivity index (χ4v) is 5.35. The minimum atomic E-state index is -4.30. The van der Waals surface area contributed by atoms with Crippen molar-refractivity contribution in [3.05, 3.63) is 83.4 Å². The highest BCUT2D eigenvalue weighted by Gasteiger charge is 2.22. The molecule has 0 radical (unpaired) electrons. The molecule has 0 atom stereocenters. The van der Waals surface area contributed by atoms with Gasteiger partial charge in [0, 0.05) is 48.4 Å². The van der Waals surface area contributed by atoms with Gasteiger partial charge in [-0.1, -0.05) is 30.3 Å². The lowest BCUT2D eigenvalue weighted by molar-refractivity contribution is 0.483. The highest BCUT2D eigenvalue weighted by Crippen LogP contribution is 2.37. The molecule has 182 valence electrons. The summed E-state index contributed by atoms with van der Waals surface area (Å²) in [6.45, 7) is 12.3. The van der Waals surface area contributed by atoms with Gasteiger partial charge in [-0.05, 0) is 80.8 Å². The number of thiol groups is 1. The fraction of sp³-hybridized carbons (Fsp3) is 0.333. The van der Waals surface area contributed by atoms with Crippen LogP contribution in [0.25, 0.3) is 0 Å². The van der Waals surface area contributed by atoms with E-state index in [0.717, 1.165) is 54.2 Å². The predicted octanol–water partition coefficient (Wildman–Crippen LogP) is 6.09. The maximum absolute atomic E-state index is 11.6. The molecule has 1 N–H and O–H groups in total. The molecule has 0 saturated carbocycles. The van der Waals surface area contributed by atoms with Gasteiger partial charge in [0.2, 0.25) is 0 Å². The van der Waals surface area contributed by atoms with Crippen LogP contribution in [0.2, 0.25) is 0 Å². The van der Waals surface area contributed by atoms with Gasteiger partial charge in [0.1, 0.15) is 0 Å². The maximum Gasteiger partial charge on any atom is 0.294 e. The van der Waals surface area contributed by atoms with Gasteiger partial charge in [-0.2, -0.15) is 8.42 Å². The first-order valence-corrected chi connectivity index (χ1v) is 13.6. The van der Waals surface area contributed by atoms with Crippen molar-refractivity contribution in [3.8, 4) is 0 Å². The van der Waals surface area contributed by atoms with Crippen LogP contribution < -0.4 is 9.80 Å². The molecule has 3 rings (SSSR count). The summed E-state index contributed by atoms with van der Waals surface area (Å²) in [7, 11) is -4.30. The van der Waals surface area contributed by atoms with Gasteiger partial charge < -0.3 is 9.80 Å². The lowest BCUT2D eigenvalue weighted by Crippen LogP contribution is -2.22. The first-order valence-electron chi connectivity index (χ1n) is 11.7. The molecule has 0 aliphatic carbocycles. The van der Waals surface area contributed by atoms with Crippen LogP contribution in [0.5, 0.6) is 0 Å². The molecule has 34 heavy (non-hydrogen) atoms. The van der Waals surface area contributed by atoms with E-state index in [1.807, 2.05) is 0 Å². The Kier molecular flexibility index (Phi) is 8.68. The van der Waals surface area contributed by atoms with Crippen LogP contribution in [0.3, 0.4) is 0 Å². The van der Waals surface area contributed by atoms with Gasteiger partial charge in [-0.15, -0.1) is 12.6 Å². The number of rotatable bonds is 10. The van der Waals surface area contributed by atoms with Crippen molar-refractivity contribution in [2.24, 2.45) is 0 Å². The van der Waals surface area contributed by atoms with Crippen molar-refractivity contribution in [2.75, 3.05) is 36.0 Å². The molecular weight excluding hydrogens is 464 g/mol. The number of anilines is 2. The standard InChI is InChI=1S/C27H34N2O3S2/c1-5-28(6-2)22-13-9-20(10-14-22)27(21-11-15-23(16-12-21)29(7-3)8-4)25-18-17-24(19-26(25)33)34(30,31)32/h9-19,27,33H,5-8H2,1-4H3,(H,30,31,32). The summed E-state index contributed by atoms with van der Waals surface area (Å²) in [4.78, 5) is 4.94. The van der Waals surface area contributed by atoms with E-state index in [4.69, 9.17) is 0 Å². The van der Waals surface area contributed by atoms with Gasteiger partial charge >= 0.3 is 0 Å². The van der Waals surface area contributed by atoms with Crippen molar-refractivity contribution in [3.63, 3.8) is 0 Å². The molecule has 0 aliphatic rings. The van der Waals surface area contributed by atoms with Crippen LogP contribution in [0.15, 0.2) is 76.5 Å². The van der Waals surface area contributed by atoms with Crippen molar-refractivity contribution < 1.29 is 13.0 Å². The summed E-state index contributed by atoms with van der Waals surface area (Å²) in [6, 6.07) is 21.6. The molecule has 0 unspecified atom stereocenters. The molecule has 0 amide bonds. The predicted molar refractivity (Wildman–Crippen MR) is 144 cm³/mol. The average Bonchev–Trinajstić information content (AvgIpc) is 2.83. The molecule has 0 fully saturated rings. The van der Waals surface area contributed by atoms with Crippen LogP contribution in [-0.2, 0) is 10.1 Å². The van der Waals surface area contributed by atoms with Gasteiger partial charge in [0.25, 0.3) is 10.1 Å². The first kappa shape index (κ1) is 26.1. The minimum absolute atomic E-state index is 0.139. The zero-order chi connectivity index (χ0) is 24.9. The molecule has 0 spiro atoms. The van der Waals surface area contributed by atoms with Crippen molar-refractivity contribution in [1.29, 1.82) is 0 Å². The van der Waals surface area contributed by atoms with Gasteiger partial charge in [0.05, 0.1) is 4.90 Å². The highest BCUT2D eigenvalue weighted by atomic mass is 32.2. The molecule has 3 aromatic rings. The number of nitrogens with zero attached hydrogens (tertiary/aromatic N) is 2. The van der Waals surface area contributed by atoms with Crippen LogP contribution in [0.1, 0.15) is 50.3 Å². The van der Waals surface area contributed by atoms with Gasteiger partial charge in [-0.25, -0.2) is 0 Å². The summed E-state index contributed by atoms with van der Waals surface area (Å²) >= 11 is 4.61. The van der Waals surface area contributed by atoms with Crippen molar-refractivity contribution >= 4 is 34.1 Å². The average molecular weight is 499 g/mol. The third-order valence-corrected chi connectivity index (χ3v) is 7.56. The van der Waals surface area contributed by atoms with Crippen molar-refractivity contribution in [2.45, 2.75) is 43.4 Å². The minimum Gasteiger partial charge on any atom is -0.372 e. The smallest absolute Gasteiger partial charge is 0.294 e. The van der Waals surface area contributed by atoms with E-state index >= 15 is 0 Å². The van der Waals surface area contributed by atoms with Gasteiger partial charge in [0.15, 0.2) is 0 Å². The number of hydrogen-bond acceptors (Lipinski definition) is 5. The Labute approximate surface area is 209 Å². The van der Waals surface area contributed by atoms with E-state index in [9.17, 15) is 13.0 Å². The Bertz CT molecular complexity index is 1130. The molecule has 5 nitrogen and oxygen atoms in total. The lowest BCUT2D eigenvalue weighted by Gasteiger charge is -2.25. The Morgan fingerprint density at radius 3 is 1.47 bits per heavy atom. The quantitative estimate of drug-likeness (QED) is 0.201. The van der Waals surface area contributed by atoms with E-state index in [0.29, 0.717) is 4.90 Å². The zero-order valence-corrected chi connectivity index (χ0v) is 22.0. The molecule has 0 heterocycles. The van der Waals surface area contributed by atoms with Crippen LogP contribution in [0, 0.1) is 0 Å². The largest absolute Gasteiger partial charge is 0.372 e. The van der Waals surface area contributed by atoms with E-state index in [1.165, 1.54) is 12.1 Å². The van der Waals surface area contributed by atoms with E-state index < -0.39 is 10.1 Å². The van der Waals surface area contributed by atoms with Crippen LogP contribution in [0.4, 0.5) is 11.4 Å². The van der Waals surface area contributed by atoms with Crippen molar-refractivity contribution in [1.82, 2.24) is 0 Å². The molecule has 0 saturated heterocycles. The summed E-state index contributed by atoms with van der Waals surface area (Å²) in [5, 5.41) is 0. The highest BCUT2D eigenvalue weighted by molar-refractivity contribution is 7.86. The van der Waals surface area contributed by atoms with E-state index in [-0.39, 0.29) is 10.8 Å². The van der Waals surface area contributed by atoms with E-state index in [1.54, 1.807) is 6.07 Å². The van der Waals surface area contributed by atoms with Gasteiger partial charge in [-0.3, -0.25) is 4.55 Å². The molecule has 7 heteroatoms. The second-order valence-corrected chi connectivity index (χ2v) is 10.1. The topological polar surface area (TPSA) is 60.9 Å². The molecule has 0 bridgehead atoms. The Hall–Kier alpha value is -2.48. The normalized spacial score (nSPS) is 11.6. The second-order valence-electron chi connectivity index (χ2n) is 8.16. The molecule has 3 aromatic carbocycles. The summed E-state index contributed by atoms with van der Waals surface area (Å²) in [5.74, 6) is -0.139. The summed E-state index contributed by atoms with van der Waals surface area (Å²) in [6.07, 6.45) is 0.